The number of aryl methyl sites for hydroxylation is 1. The highest BCUT2D eigenvalue weighted by Gasteiger charge is 2.17. The van der Waals surface area contributed by atoms with Crippen LogP contribution in [0.4, 0.5) is 5.69 Å². The van der Waals surface area contributed by atoms with E-state index in [1.54, 1.807) is 18.2 Å². The van der Waals surface area contributed by atoms with E-state index in [1.807, 2.05) is 37.3 Å². The van der Waals surface area contributed by atoms with Crippen LogP contribution < -0.4 is 9.62 Å². The SMILES string of the molecule is Cc1ccc(CC(=O)NCCN(c2cccc(C#N)c2)S(C)(=O)=O)cc1. The number of anilines is 1. The van der Waals surface area contributed by atoms with Crippen LogP contribution in [0.25, 0.3) is 0 Å². The van der Waals surface area contributed by atoms with E-state index in [9.17, 15) is 13.2 Å². The van der Waals surface area contributed by atoms with Gasteiger partial charge in [0.05, 0.1) is 36.5 Å². The topological polar surface area (TPSA) is 90.3 Å². The first-order valence-electron chi connectivity index (χ1n) is 8.10. The fraction of sp³-hybridized carbons (Fsp3) is 0.263. The van der Waals surface area contributed by atoms with E-state index in [2.05, 4.69) is 5.32 Å². The van der Waals surface area contributed by atoms with Crippen LogP contribution in [0, 0.1) is 18.3 Å². The summed E-state index contributed by atoms with van der Waals surface area (Å²) in [5.74, 6) is -0.173. The molecular formula is C19H21N3O3S. The van der Waals surface area contributed by atoms with E-state index in [0.29, 0.717) is 11.3 Å². The van der Waals surface area contributed by atoms with Gasteiger partial charge in [-0.05, 0) is 30.7 Å². The molecule has 0 atom stereocenters. The van der Waals surface area contributed by atoms with E-state index < -0.39 is 10.0 Å². The lowest BCUT2D eigenvalue weighted by Crippen LogP contribution is -2.38. The molecule has 0 aliphatic rings. The minimum Gasteiger partial charge on any atom is -0.354 e. The Bertz CT molecular complexity index is 916. The highest BCUT2D eigenvalue weighted by Crippen LogP contribution is 2.18. The molecule has 0 radical (unpaired) electrons. The Hall–Kier alpha value is -2.85. The van der Waals surface area contributed by atoms with Crippen LogP contribution in [0.3, 0.4) is 0 Å². The summed E-state index contributed by atoms with van der Waals surface area (Å²) in [4.78, 5) is 12.0. The number of sulfonamides is 1. The summed E-state index contributed by atoms with van der Waals surface area (Å²) in [5, 5.41) is 11.7. The van der Waals surface area contributed by atoms with E-state index in [1.165, 1.54) is 10.4 Å². The quantitative estimate of drug-likeness (QED) is 0.806. The van der Waals surface area contributed by atoms with Crippen LogP contribution in [0.5, 0.6) is 0 Å². The van der Waals surface area contributed by atoms with Crippen LogP contribution >= 0.6 is 0 Å². The zero-order valence-electron chi connectivity index (χ0n) is 14.8. The van der Waals surface area contributed by atoms with E-state index in [-0.39, 0.29) is 25.4 Å². The lowest BCUT2D eigenvalue weighted by molar-refractivity contribution is -0.120. The molecule has 0 spiro atoms. The van der Waals surface area contributed by atoms with Gasteiger partial charge in [-0.25, -0.2) is 8.42 Å². The Morgan fingerprint density at radius 2 is 1.88 bits per heavy atom. The smallest absolute Gasteiger partial charge is 0.232 e. The molecule has 26 heavy (non-hydrogen) atoms. The lowest BCUT2D eigenvalue weighted by atomic mass is 10.1. The van der Waals surface area contributed by atoms with Crippen molar-refractivity contribution in [1.29, 1.82) is 5.26 Å². The van der Waals surface area contributed by atoms with Crippen LogP contribution in [0.1, 0.15) is 16.7 Å². The van der Waals surface area contributed by atoms with Crippen LogP contribution in [-0.2, 0) is 21.2 Å². The minimum atomic E-state index is -3.53. The molecule has 0 unspecified atom stereocenters. The molecule has 2 aromatic carbocycles. The van der Waals surface area contributed by atoms with Crippen molar-refractivity contribution in [2.24, 2.45) is 0 Å². The molecule has 0 saturated heterocycles. The highest BCUT2D eigenvalue weighted by atomic mass is 32.2. The first-order valence-corrected chi connectivity index (χ1v) is 9.94. The predicted molar refractivity (Wildman–Crippen MR) is 101 cm³/mol. The molecule has 0 saturated carbocycles. The Morgan fingerprint density at radius 3 is 2.50 bits per heavy atom. The molecule has 1 amide bonds. The van der Waals surface area contributed by atoms with Crippen molar-refractivity contribution in [2.45, 2.75) is 13.3 Å². The number of carbonyl (C=O) groups is 1. The van der Waals surface area contributed by atoms with Gasteiger partial charge in [0.15, 0.2) is 0 Å². The molecule has 7 heteroatoms. The third-order valence-electron chi connectivity index (χ3n) is 3.79. The summed E-state index contributed by atoms with van der Waals surface area (Å²) >= 11 is 0. The summed E-state index contributed by atoms with van der Waals surface area (Å²) in [7, 11) is -3.53. The van der Waals surface area contributed by atoms with Gasteiger partial charge in [-0.1, -0.05) is 35.9 Å². The Kier molecular flexibility index (Phi) is 6.36. The minimum absolute atomic E-state index is 0.0906. The Morgan fingerprint density at radius 1 is 1.19 bits per heavy atom. The first kappa shape index (κ1) is 19.5. The summed E-state index contributed by atoms with van der Waals surface area (Å²) in [6, 6.07) is 16.0. The highest BCUT2D eigenvalue weighted by molar-refractivity contribution is 7.92. The van der Waals surface area contributed by atoms with E-state index in [4.69, 9.17) is 5.26 Å². The largest absolute Gasteiger partial charge is 0.354 e. The summed E-state index contributed by atoms with van der Waals surface area (Å²) in [6.07, 6.45) is 1.34. The molecule has 0 aliphatic carbocycles. The molecule has 0 bridgehead atoms. The molecule has 136 valence electrons. The molecule has 0 aliphatic heterocycles. The van der Waals surface area contributed by atoms with Crippen molar-refractivity contribution in [3.63, 3.8) is 0 Å². The van der Waals surface area contributed by atoms with Crippen molar-refractivity contribution >= 4 is 21.6 Å². The number of amides is 1. The van der Waals surface area contributed by atoms with Crippen molar-refractivity contribution < 1.29 is 13.2 Å². The summed E-state index contributed by atoms with van der Waals surface area (Å²) in [5.41, 5.74) is 2.80. The number of nitrogens with one attached hydrogen (secondary N) is 1. The Labute approximate surface area is 154 Å². The Balaban J connectivity index is 1.98. The van der Waals surface area contributed by atoms with Gasteiger partial charge >= 0.3 is 0 Å². The van der Waals surface area contributed by atoms with Gasteiger partial charge in [0, 0.05) is 6.54 Å². The molecule has 2 rings (SSSR count). The second-order valence-corrected chi connectivity index (χ2v) is 7.92. The third-order valence-corrected chi connectivity index (χ3v) is 4.98. The standard InChI is InChI=1S/C19H21N3O3S/c1-15-6-8-16(9-7-15)13-19(23)21-10-11-22(26(2,24)25)18-5-3-4-17(12-18)14-20/h3-9,12H,10-11,13H2,1-2H3,(H,21,23). The summed E-state index contributed by atoms with van der Waals surface area (Å²) in [6.45, 7) is 2.24. The summed E-state index contributed by atoms with van der Waals surface area (Å²) < 4.78 is 25.3. The van der Waals surface area contributed by atoms with Crippen molar-refractivity contribution in [2.75, 3.05) is 23.7 Å². The first-order chi connectivity index (χ1) is 12.3. The molecule has 0 fully saturated rings. The number of nitriles is 1. The monoisotopic (exact) mass is 371 g/mol. The number of rotatable bonds is 7. The fourth-order valence-electron chi connectivity index (χ4n) is 2.47. The normalized spacial score (nSPS) is 10.8. The number of benzene rings is 2. The molecular weight excluding hydrogens is 350 g/mol. The zero-order chi connectivity index (χ0) is 19.2. The predicted octanol–water partition coefficient (Wildman–Crippen LogP) is 1.99. The van der Waals surface area contributed by atoms with Gasteiger partial charge < -0.3 is 5.32 Å². The van der Waals surface area contributed by atoms with Crippen LogP contribution in [0.15, 0.2) is 48.5 Å². The van der Waals surface area contributed by atoms with Crippen LogP contribution in [-0.4, -0.2) is 33.7 Å². The van der Waals surface area contributed by atoms with Crippen molar-refractivity contribution in [1.82, 2.24) is 5.32 Å². The fourth-order valence-corrected chi connectivity index (χ4v) is 3.39. The molecule has 1 N–H and O–H groups in total. The number of hydrogen-bond donors (Lipinski definition) is 1. The van der Waals surface area contributed by atoms with Crippen LogP contribution in [0.2, 0.25) is 0 Å². The molecule has 6 nitrogen and oxygen atoms in total. The van der Waals surface area contributed by atoms with Gasteiger partial charge in [-0.15, -0.1) is 0 Å². The number of carbonyl (C=O) groups excluding carboxylic acids is 1. The average molecular weight is 371 g/mol. The second kappa shape index (κ2) is 8.50. The van der Waals surface area contributed by atoms with E-state index >= 15 is 0 Å². The average Bonchev–Trinajstić information content (AvgIpc) is 2.59. The molecule has 2 aromatic rings. The van der Waals surface area contributed by atoms with Gasteiger partial charge in [0.2, 0.25) is 15.9 Å². The zero-order valence-corrected chi connectivity index (χ0v) is 15.6. The van der Waals surface area contributed by atoms with Gasteiger partial charge in [-0.2, -0.15) is 5.26 Å². The second-order valence-electron chi connectivity index (χ2n) is 6.01. The molecule has 0 heterocycles. The van der Waals surface area contributed by atoms with Gasteiger partial charge in [-0.3, -0.25) is 9.10 Å². The van der Waals surface area contributed by atoms with Gasteiger partial charge in [0.1, 0.15) is 0 Å². The number of hydrogen-bond acceptors (Lipinski definition) is 4. The lowest BCUT2D eigenvalue weighted by Gasteiger charge is -2.22. The van der Waals surface area contributed by atoms with E-state index in [0.717, 1.165) is 17.4 Å². The third kappa shape index (κ3) is 5.60. The number of nitrogens with zero attached hydrogens (tertiary/aromatic N) is 2. The molecule has 0 aromatic heterocycles. The maximum atomic E-state index is 12.1. The van der Waals surface area contributed by atoms with Crippen molar-refractivity contribution in [3.8, 4) is 6.07 Å². The van der Waals surface area contributed by atoms with Crippen molar-refractivity contribution in [3.05, 3.63) is 65.2 Å². The van der Waals surface area contributed by atoms with Gasteiger partial charge in [0.25, 0.3) is 0 Å². The maximum absolute atomic E-state index is 12.1. The maximum Gasteiger partial charge on any atom is 0.232 e.